The van der Waals surface area contributed by atoms with Crippen molar-refractivity contribution in [2.45, 2.75) is 32.6 Å². The molecule has 1 aromatic heterocycles. The van der Waals surface area contributed by atoms with Gasteiger partial charge in [-0.05, 0) is 12.5 Å². The van der Waals surface area contributed by atoms with Crippen LogP contribution in [0.25, 0.3) is 0 Å². The lowest BCUT2D eigenvalue weighted by molar-refractivity contribution is 0.0688. The normalized spacial score (nSPS) is 10.1. The summed E-state index contributed by atoms with van der Waals surface area (Å²) in [5.41, 5.74) is -0.0430. The lowest BCUT2D eigenvalue weighted by atomic mass is 10.2. The van der Waals surface area contributed by atoms with Crippen LogP contribution in [0.3, 0.4) is 0 Å². The number of carbonyl (C=O) groups is 1. The van der Waals surface area contributed by atoms with Gasteiger partial charge < -0.3 is 9.84 Å². The Morgan fingerprint density at radius 3 is 2.94 bits per heavy atom. The Hall–Kier alpha value is -1.65. The SMILES string of the molecule is CCCCCCOc1nccc(C(=O)O)n1. The maximum atomic E-state index is 10.6. The lowest BCUT2D eigenvalue weighted by Crippen LogP contribution is -2.05. The monoisotopic (exact) mass is 224 g/mol. The summed E-state index contributed by atoms with van der Waals surface area (Å²) in [6.45, 7) is 2.67. The van der Waals surface area contributed by atoms with Crippen molar-refractivity contribution in [3.8, 4) is 6.01 Å². The number of hydrogen-bond donors (Lipinski definition) is 1. The van der Waals surface area contributed by atoms with Gasteiger partial charge in [-0.3, -0.25) is 0 Å². The third-order valence-electron chi connectivity index (χ3n) is 2.08. The molecule has 0 radical (unpaired) electrons. The van der Waals surface area contributed by atoms with Gasteiger partial charge in [0, 0.05) is 6.20 Å². The number of ether oxygens (including phenoxy) is 1. The Bertz CT molecular complexity index is 342. The molecule has 1 aromatic rings. The molecule has 1 N–H and O–H groups in total. The van der Waals surface area contributed by atoms with E-state index in [-0.39, 0.29) is 11.7 Å². The van der Waals surface area contributed by atoms with Gasteiger partial charge in [-0.15, -0.1) is 0 Å². The molecule has 0 saturated heterocycles. The van der Waals surface area contributed by atoms with Crippen molar-refractivity contribution in [1.82, 2.24) is 9.97 Å². The number of aromatic nitrogens is 2. The standard InChI is InChI=1S/C11H16N2O3/c1-2-3-4-5-8-16-11-12-7-6-9(13-11)10(14)15/h6-7H,2-5,8H2,1H3,(H,14,15). The van der Waals surface area contributed by atoms with Gasteiger partial charge in [0.25, 0.3) is 0 Å². The van der Waals surface area contributed by atoms with Gasteiger partial charge >= 0.3 is 12.0 Å². The number of unbranched alkanes of at least 4 members (excludes halogenated alkanes) is 3. The fourth-order valence-electron chi connectivity index (χ4n) is 1.22. The van der Waals surface area contributed by atoms with E-state index >= 15 is 0 Å². The molecule has 1 rings (SSSR count). The third kappa shape index (κ3) is 4.25. The van der Waals surface area contributed by atoms with Gasteiger partial charge in [-0.1, -0.05) is 26.2 Å². The Morgan fingerprint density at radius 1 is 1.44 bits per heavy atom. The zero-order chi connectivity index (χ0) is 11.8. The van der Waals surface area contributed by atoms with Gasteiger partial charge in [0.1, 0.15) is 0 Å². The van der Waals surface area contributed by atoms with Gasteiger partial charge in [-0.25, -0.2) is 9.78 Å². The number of rotatable bonds is 7. The molecule has 0 saturated carbocycles. The van der Waals surface area contributed by atoms with Crippen LogP contribution in [0, 0.1) is 0 Å². The van der Waals surface area contributed by atoms with Crippen LogP contribution in [0.5, 0.6) is 6.01 Å². The average molecular weight is 224 g/mol. The minimum atomic E-state index is -1.07. The molecule has 88 valence electrons. The van der Waals surface area contributed by atoms with Crippen molar-refractivity contribution >= 4 is 5.97 Å². The molecule has 0 aromatic carbocycles. The van der Waals surface area contributed by atoms with Gasteiger partial charge in [0.05, 0.1) is 6.61 Å². The van der Waals surface area contributed by atoms with Gasteiger partial charge in [0.2, 0.25) is 0 Å². The van der Waals surface area contributed by atoms with E-state index in [0.717, 1.165) is 12.8 Å². The summed E-state index contributed by atoms with van der Waals surface area (Å²) in [5.74, 6) is -1.07. The maximum Gasteiger partial charge on any atom is 0.354 e. The molecule has 0 bridgehead atoms. The summed E-state index contributed by atoms with van der Waals surface area (Å²) < 4.78 is 5.26. The molecule has 16 heavy (non-hydrogen) atoms. The Labute approximate surface area is 94.5 Å². The number of carboxylic acids is 1. The minimum Gasteiger partial charge on any atom is -0.477 e. The van der Waals surface area contributed by atoms with E-state index in [4.69, 9.17) is 9.84 Å². The molecule has 0 aliphatic carbocycles. The molecule has 0 amide bonds. The minimum absolute atomic E-state index is 0.0430. The van der Waals surface area contributed by atoms with Gasteiger partial charge in [-0.2, -0.15) is 4.98 Å². The van der Waals surface area contributed by atoms with E-state index in [0.29, 0.717) is 6.61 Å². The highest BCUT2D eigenvalue weighted by Gasteiger charge is 2.06. The largest absolute Gasteiger partial charge is 0.477 e. The van der Waals surface area contributed by atoms with Crippen LogP contribution in [-0.4, -0.2) is 27.7 Å². The van der Waals surface area contributed by atoms with E-state index in [1.54, 1.807) is 0 Å². The van der Waals surface area contributed by atoms with Crippen molar-refractivity contribution in [2.24, 2.45) is 0 Å². The predicted octanol–water partition coefficient (Wildman–Crippen LogP) is 2.13. The van der Waals surface area contributed by atoms with Crippen LogP contribution in [0.4, 0.5) is 0 Å². The number of nitrogens with zero attached hydrogens (tertiary/aromatic N) is 2. The quantitative estimate of drug-likeness (QED) is 0.718. The number of aromatic carboxylic acids is 1. The van der Waals surface area contributed by atoms with Crippen molar-refractivity contribution in [3.05, 3.63) is 18.0 Å². The van der Waals surface area contributed by atoms with Crippen LogP contribution < -0.4 is 4.74 Å². The highest BCUT2D eigenvalue weighted by molar-refractivity contribution is 5.85. The summed E-state index contributed by atoms with van der Waals surface area (Å²) in [7, 11) is 0. The number of hydrogen-bond acceptors (Lipinski definition) is 4. The first-order valence-corrected chi connectivity index (χ1v) is 5.43. The second-order valence-corrected chi connectivity index (χ2v) is 3.44. The third-order valence-corrected chi connectivity index (χ3v) is 2.08. The van der Waals surface area contributed by atoms with Crippen LogP contribution in [0.2, 0.25) is 0 Å². The average Bonchev–Trinajstić information content (AvgIpc) is 2.29. The molecule has 0 aliphatic heterocycles. The second kappa shape index (κ2) is 6.76. The van der Waals surface area contributed by atoms with Crippen LogP contribution >= 0.6 is 0 Å². The molecule has 0 atom stereocenters. The van der Waals surface area contributed by atoms with Crippen LogP contribution in [0.1, 0.15) is 43.1 Å². The topological polar surface area (TPSA) is 72.3 Å². The summed E-state index contributed by atoms with van der Waals surface area (Å²) >= 11 is 0. The molecule has 0 unspecified atom stereocenters. The summed E-state index contributed by atoms with van der Waals surface area (Å²) in [6, 6.07) is 1.48. The second-order valence-electron chi connectivity index (χ2n) is 3.44. The smallest absolute Gasteiger partial charge is 0.354 e. The lowest BCUT2D eigenvalue weighted by Gasteiger charge is -2.03. The van der Waals surface area contributed by atoms with E-state index < -0.39 is 5.97 Å². The zero-order valence-electron chi connectivity index (χ0n) is 9.35. The molecule has 0 fully saturated rings. The zero-order valence-corrected chi connectivity index (χ0v) is 9.35. The van der Waals surface area contributed by atoms with E-state index in [9.17, 15) is 4.79 Å². The molecule has 0 spiro atoms. The van der Waals surface area contributed by atoms with Crippen molar-refractivity contribution in [3.63, 3.8) is 0 Å². The first-order chi connectivity index (χ1) is 7.74. The van der Waals surface area contributed by atoms with Crippen molar-refractivity contribution < 1.29 is 14.6 Å². The van der Waals surface area contributed by atoms with Crippen molar-refractivity contribution in [2.75, 3.05) is 6.61 Å². The van der Waals surface area contributed by atoms with Crippen molar-refractivity contribution in [1.29, 1.82) is 0 Å². The summed E-state index contributed by atoms with van der Waals surface area (Å²) in [5, 5.41) is 8.70. The molecule has 0 aliphatic rings. The fourth-order valence-corrected chi connectivity index (χ4v) is 1.22. The number of carboxylic acid groups (broad SMARTS) is 1. The van der Waals surface area contributed by atoms with Gasteiger partial charge in [0.15, 0.2) is 5.69 Å². The fraction of sp³-hybridized carbons (Fsp3) is 0.545. The van der Waals surface area contributed by atoms with E-state index in [2.05, 4.69) is 16.9 Å². The first-order valence-electron chi connectivity index (χ1n) is 5.43. The molecule has 5 nitrogen and oxygen atoms in total. The highest BCUT2D eigenvalue weighted by atomic mass is 16.5. The summed E-state index contributed by atoms with van der Waals surface area (Å²) in [6.07, 6.45) is 5.78. The predicted molar refractivity (Wildman–Crippen MR) is 58.6 cm³/mol. The molecular formula is C11H16N2O3. The van der Waals surface area contributed by atoms with Crippen LogP contribution in [-0.2, 0) is 0 Å². The Balaban J connectivity index is 2.36. The molecular weight excluding hydrogens is 208 g/mol. The Kier molecular flexibility index (Phi) is 5.25. The maximum absolute atomic E-state index is 10.6. The summed E-state index contributed by atoms with van der Waals surface area (Å²) in [4.78, 5) is 18.2. The van der Waals surface area contributed by atoms with Crippen LogP contribution in [0.15, 0.2) is 12.3 Å². The molecule has 5 heteroatoms. The Morgan fingerprint density at radius 2 is 2.25 bits per heavy atom. The highest BCUT2D eigenvalue weighted by Crippen LogP contribution is 2.05. The van der Waals surface area contributed by atoms with E-state index in [1.807, 2.05) is 0 Å². The van der Waals surface area contributed by atoms with E-state index in [1.165, 1.54) is 25.1 Å². The molecule has 1 heterocycles. The first kappa shape index (κ1) is 12.4.